The summed E-state index contributed by atoms with van der Waals surface area (Å²) in [6.45, 7) is 1.93. The molecule has 0 N–H and O–H groups in total. The molecule has 0 spiro atoms. The van der Waals surface area contributed by atoms with Gasteiger partial charge in [-0.1, -0.05) is 37.3 Å². The van der Waals surface area contributed by atoms with Gasteiger partial charge in [0.25, 0.3) is 0 Å². The molecule has 35 heavy (non-hydrogen) atoms. The lowest BCUT2D eigenvalue weighted by atomic mass is 9.99. The smallest absolute Gasteiger partial charge is 0.195 e. The Morgan fingerprint density at radius 1 is 0.600 bits per heavy atom. The molecule has 0 aliphatic carbocycles. The molecule has 0 heterocycles. The Balaban J connectivity index is 1.51. The number of rotatable bonds is 5. The summed E-state index contributed by atoms with van der Waals surface area (Å²) in [5, 5.41) is 0.0454. The van der Waals surface area contributed by atoms with Crippen molar-refractivity contribution in [2.45, 2.75) is 32.6 Å². The van der Waals surface area contributed by atoms with Gasteiger partial charge in [-0.3, -0.25) is 0 Å². The Kier molecular flexibility index (Phi) is 7.16. The molecule has 4 rings (SSSR count). The van der Waals surface area contributed by atoms with Crippen LogP contribution in [0.1, 0.15) is 41.2 Å². The number of aryl methyl sites for hydroxylation is 2. The minimum atomic E-state index is -1.54. The molecular weight excluding hydrogens is 462 g/mol. The molecule has 0 nitrogen and oxygen atoms in total. The first-order valence-electron chi connectivity index (χ1n) is 11.1. The third-order valence-corrected chi connectivity index (χ3v) is 5.75. The van der Waals surface area contributed by atoms with Gasteiger partial charge in [0, 0.05) is 16.5 Å². The zero-order valence-electron chi connectivity index (χ0n) is 18.8. The van der Waals surface area contributed by atoms with Crippen molar-refractivity contribution in [1.82, 2.24) is 0 Å². The van der Waals surface area contributed by atoms with Gasteiger partial charge in [0.1, 0.15) is 17.5 Å². The van der Waals surface area contributed by atoms with Crippen LogP contribution < -0.4 is 0 Å². The van der Waals surface area contributed by atoms with Gasteiger partial charge in [0.2, 0.25) is 0 Å². The minimum Gasteiger partial charge on any atom is -0.207 e. The predicted octanol–water partition coefficient (Wildman–Crippen LogP) is 7.81. The van der Waals surface area contributed by atoms with E-state index in [0.717, 1.165) is 12.5 Å². The Morgan fingerprint density at radius 3 is 2.00 bits per heavy atom. The lowest BCUT2D eigenvalue weighted by molar-refractivity contribution is 0.453. The second kappa shape index (κ2) is 10.3. The average molecular weight is 482 g/mol. The molecule has 0 fully saturated rings. The van der Waals surface area contributed by atoms with E-state index in [1.165, 1.54) is 42.5 Å². The van der Waals surface area contributed by atoms with E-state index in [2.05, 4.69) is 11.8 Å². The first-order chi connectivity index (χ1) is 16.8. The first-order valence-corrected chi connectivity index (χ1v) is 11.1. The first kappa shape index (κ1) is 24.4. The zero-order chi connectivity index (χ0) is 25.1. The molecule has 0 radical (unpaired) electrons. The van der Waals surface area contributed by atoms with E-state index in [0.29, 0.717) is 23.1 Å². The zero-order valence-corrected chi connectivity index (χ0v) is 18.8. The Bertz CT molecular complexity index is 1450. The topological polar surface area (TPSA) is 0 Å². The fraction of sp³-hybridized carbons (Fsp3) is 0.172. The third-order valence-electron chi connectivity index (χ3n) is 5.75. The van der Waals surface area contributed by atoms with Crippen LogP contribution in [-0.4, -0.2) is 0 Å². The van der Waals surface area contributed by atoms with Crippen LogP contribution in [0, 0.1) is 46.7 Å². The number of hydrogen-bond donors (Lipinski definition) is 0. The van der Waals surface area contributed by atoms with E-state index in [-0.39, 0.29) is 34.7 Å². The minimum absolute atomic E-state index is 0.0295. The average Bonchev–Trinajstić information content (AvgIpc) is 2.81. The van der Waals surface area contributed by atoms with Crippen molar-refractivity contribution in [2.75, 3.05) is 0 Å². The van der Waals surface area contributed by atoms with Gasteiger partial charge in [-0.05, 0) is 78.2 Å². The lowest BCUT2D eigenvalue weighted by Crippen LogP contribution is -2.01. The summed E-state index contributed by atoms with van der Waals surface area (Å²) in [5.41, 5.74) is 1.59. The van der Waals surface area contributed by atoms with Crippen molar-refractivity contribution in [3.8, 4) is 11.8 Å². The number of benzene rings is 4. The van der Waals surface area contributed by atoms with Crippen LogP contribution in [0.3, 0.4) is 0 Å². The summed E-state index contributed by atoms with van der Waals surface area (Å²) < 4.78 is 84.0. The summed E-state index contributed by atoms with van der Waals surface area (Å²) >= 11 is 0. The summed E-state index contributed by atoms with van der Waals surface area (Å²) in [6, 6.07) is 12.0. The van der Waals surface area contributed by atoms with Crippen LogP contribution >= 0.6 is 0 Å². The predicted molar refractivity (Wildman–Crippen MR) is 124 cm³/mol. The summed E-state index contributed by atoms with van der Waals surface area (Å²) in [4.78, 5) is 0. The maximum atomic E-state index is 14.6. The molecule has 0 atom stereocenters. The maximum Gasteiger partial charge on any atom is 0.195 e. The molecule has 0 aliphatic rings. The normalized spacial score (nSPS) is 10.9. The molecular formula is C29H20F6. The number of halogens is 6. The Hall–Kier alpha value is -3.72. The van der Waals surface area contributed by atoms with Crippen LogP contribution in [0.15, 0.2) is 54.6 Å². The molecule has 0 aromatic heterocycles. The highest BCUT2D eigenvalue weighted by atomic mass is 19.2. The molecule has 4 aromatic rings. The van der Waals surface area contributed by atoms with Gasteiger partial charge >= 0.3 is 0 Å². The van der Waals surface area contributed by atoms with Crippen LogP contribution in [0.25, 0.3) is 10.8 Å². The van der Waals surface area contributed by atoms with E-state index in [1.807, 2.05) is 6.92 Å². The monoisotopic (exact) mass is 482 g/mol. The van der Waals surface area contributed by atoms with Gasteiger partial charge in [-0.15, -0.1) is 0 Å². The fourth-order valence-electron chi connectivity index (χ4n) is 3.93. The van der Waals surface area contributed by atoms with Crippen molar-refractivity contribution in [3.05, 3.63) is 117 Å². The quantitative estimate of drug-likeness (QED) is 0.155. The van der Waals surface area contributed by atoms with Gasteiger partial charge in [-0.2, -0.15) is 0 Å². The fourth-order valence-corrected chi connectivity index (χ4v) is 3.93. The summed E-state index contributed by atoms with van der Waals surface area (Å²) in [5.74, 6) is -0.546. The molecule has 0 saturated heterocycles. The summed E-state index contributed by atoms with van der Waals surface area (Å²) in [6.07, 6.45) is 1.70. The SMILES string of the molecule is CCCc1cc(F)c(CCc2ccc(C#Cc3ccc4c(F)c(F)c(F)cc4c3)c(F)c2)c(F)c1. The van der Waals surface area contributed by atoms with Crippen molar-refractivity contribution >= 4 is 10.8 Å². The van der Waals surface area contributed by atoms with Gasteiger partial charge in [0.15, 0.2) is 17.5 Å². The molecule has 0 unspecified atom stereocenters. The van der Waals surface area contributed by atoms with Gasteiger partial charge in [0.05, 0.1) is 5.56 Å². The molecule has 0 aliphatic heterocycles. The molecule has 0 amide bonds. The second-order valence-electron chi connectivity index (χ2n) is 8.27. The van der Waals surface area contributed by atoms with Gasteiger partial charge < -0.3 is 0 Å². The van der Waals surface area contributed by atoms with Crippen LogP contribution in [0.4, 0.5) is 26.3 Å². The van der Waals surface area contributed by atoms with Crippen LogP contribution in [0.5, 0.6) is 0 Å². The lowest BCUT2D eigenvalue weighted by Gasteiger charge is -2.08. The van der Waals surface area contributed by atoms with Gasteiger partial charge in [-0.25, -0.2) is 26.3 Å². The number of hydrogen-bond acceptors (Lipinski definition) is 0. The Morgan fingerprint density at radius 2 is 1.31 bits per heavy atom. The second-order valence-corrected chi connectivity index (χ2v) is 8.27. The van der Waals surface area contributed by atoms with Crippen molar-refractivity contribution < 1.29 is 26.3 Å². The molecule has 0 saturated carbocycles. The van der Waals surface area contributed by atoms with Crippen molar-refractivity contribution in [2.24, 2.45) is 0 Å². The maximum absolute atomic E-state index is 14.6. The summed E-state index contributed by atoms with van der Waals surface area (Å²) in [7, 11) is 0. The van der Waals surface area contributed by atoms with Crippen molar-refractivity contribution in [1.29, 1.82) is 0 Å². The highest BCUT2D eigenvalue weighted by Gasteiger charge is 2.14. The van der Waals surface area contributed by atoms with Crippen molar-refractivity contribution in [3.63, 3.8) is 0 Å². The molecule has 0 bridgehead atoms. The third kappa shape index (κ3) is 5.35. The van der Waals surface area contributed by atoms with Crippen LogP contribution in [0.2, 0.25) is 0 Å². The van der Waals surface area contributed by atoms with E-state index in [1.54, 1.807) is 6.07 Å². The standard InChI is InChI=1S/C29H20F6/c1-2-3-19-14-25(31)23(26(32)15-19)11-7-18-5-9-20(24(30)13-18)8-4-17-6-10-22-21(12-17)16-27(33)29(35)28(22)34/h5-6,9-10,12-16H,2-3,7,11H2,1H3. The molecule has 4 aromatic carbocycles. The molecule has 6 heteroatoms. The Labute approximate surface area is 199 Å². The molecule has 178 valence electrons. The highest BCUT2D eigenvalue weighted by molar-refractivity contribution is 5.84. The van der Waals surface area contributed by atoms with E-state index < -0.39 is 34.9 Å². The number of fused-ring (bicyclic) bond motifs is 1. The van der Waals surface area contributed by atoms with E-state index in [9.17, 15) is 26.3 Å². The van der Waals surface area contributed by atoms with E-state index >= 15 is 0 Å². The van der Waals surface area contributed by atoms with E-state index in [4.69, 9.17) is 0 Å². The highest BCUT2D eigenvalue weighted by Crippen LogP contribution is 2.24. The van der Waals surface area contributed by atoms with Crippen LogP contribution in [-0.2, 0) is 19.3 Å². The largest absolute Gasteiger partial charge is 0.207 e.